The second-order valence-electron chi connectivity index (χ2n) is 5.13. The van der Waals surface area contributed by atoms with Crippen LogP contribution in [-0.4, -0.2) is 28.0 Å². The van der Waals surface area contributed by atoms with Gasteiger partial charge in [-0.3, -0.25) is 14.3 Å². The molecule has 0 bridgehead atoms. The van der Waals surface area contributed by atoms with Gasteiger partial charge in [-0.2, -0.15) is 0 Å². The van der Waals surface area contributed by atoms with Crippen LogP contribution in [0.15, 0.2) is 33.5 Å². The van der Waals surface area contributed by atoms with Crippen molar-refractivity contribution >= 4 is 17.0 Å². The van der Waals surface area contributed by atoms with E-state index in [-0.39, 0.29) is 11.9 Å². The van der Waals surface area contributed by atoms with Gasteiger partial charge < -0.3 is 10.2 Å². The van der Waals surface area contributed by atoms with Crippen molar-refractivity contribution < 1.29 is 9.21 Å². The Bertz CT molecular complexity index is 688. The Balaban J connectivity index is 1.94. The molecule has 0 aliphatic carbocycles. The fraction of sp³-hybridized carbons (Fsp3) is 0.429. The molecule has 6 heteroatoms. The summed E-state index contributed by atoms with van der Waals surface area (Å²) in [6.45, 7) is 1.10. The molecule has 1 atom stereocenters. The number of hydrogen-bond donors (Lipinski definition) is 1. The van der Waals surface area contributed by atoms with E-state index in [0.29, 0.717) is 12.3 Å². The van der Waals surface area contributed by atoms with Crippen molar-refractivity contribution in [3.63, 3.8) is 0 Å². The van der Waals surface area contributed by atoms with Gasteiger partial charge in [0.05, 0.1) is 18.2 Å². The van der Waals surface area contributed by atoms with Crippen molar-refractivity contribution in [2.24, 2.45) is 5.73 Å². The van der Waals surface area contributed by atoms with Crippen LogP contribution in [0.2, 0.25) is 0 Å². The number of fused-ring (bicyclic) bond motifs is 1. The summed E-state index contributed by atoms with van der Waals surface area (Å²) in [5.41, 5.74) is 6.75. The van der Waals surface area contributed by atoms with Crippen molar-refractivity contribution in [3.05, 3.63) is 34.8 Å². The van der Waals surface area contributed by atoms with Crippen LogP contribution in [0.1, 0.15) is 19.3 Å². The molecule has 2 N–H and O–H groups in total. The van der Waals surface area contributed by atoms with Crippen LogP contribution in [0.5, 0.6) is 0 Å². The lowest BCUT2D eigenvalue weighted by Gasteiger charge is -2.33. The lowest BCUT2D eigenvalue weighted by Crippen LogP contribution is -2.48. The van der Waals surface area contributed by atoms with E-state index in [1.165, 1.54) is 0 Å². The first-order valence-electron chi connectivity index (χ1n) is 6.78. The standard InChI is InChI=1S/C14H17N3O3/c15-13(18)11-6-3-4-8-16(11)9-17-10-5-1-2-7-12(10)20-14(17)19/h1-2,5,7,11H,3-4,6,8-9H2,(H2,15,18)/t11-/m1/s1. The van der Waals surface area contributed by atoms with Gasteiger partial charge in [-0.25, -0.2) is 4.79 Å². The predicted octanol–water partition coefficient (Wildman–Crippen LogP) is 0.892. The highest BCUT2D eigenvalue weighted by atomic mass is 16.4. The number of carbonyl (C=O) groups excluding carboxylic acids is 1. The molecular weight excluding hydrogens is 258 g/mol. The number of nitrogens with zero attached hydrogens (tertiary/aromatic N) is 2. The van der Waals surface area contributed by atoms with E-state index in [4.69, 9.17) is 10.2 Å². The molecule has 3 rings (SSSR count). The first-order valence-corrected chi connectivity index (χ1v) is 6.78. The van der Waals surface area contributed by atoms with Crippen LogP contribution in [0.4, 0.5) is 0 Å². The quantitative estimate of drug-likeness (QED) is 0.902. The Morgan fingerprint density at radius 3 is 2.95 bits per heavy atom. The Hall–Kier alpha value is -2.08. The van der Waals surface area contributed by atoms with Gasteiger partial charge in [0.15, 0.2) is 5.58 Å². The number of rotatable bonds is 3. The number of para-hydroxylation sites is 2. The fourth-order valence-corrected chi connectivity index (χ4v) is 2.81. The molecule has 20 heavy (non-hydrogen) atoms. The maximum Gasteiger partial charge on any atom is 0.421 e. The molecule has 0 saturated carbocycles. The first kappa shape index (κ1) is 12.9. The average molecular weight is 275 g/mol. The van der Waals surface area contributed by atoms with Gasteiger partial charge in [-0.1, -0.05) is 18.6 Å². The molecule has 0 spiro atoms. The smallest absolute Gasteiger partial charge is 0.408 e. The third-order valence-corrected chi connectivity index (χ3v) is 3.84. The highest BCUT2D eigenvalue weighted by Gasteiger charge is 2.27. The van der Waals surface area contributed by atoms with E-state index in [1.807, 2.05) is 23.1 Å². The largest absolute Gasteiger partial charge is 0.421 e. The second kappa shape index (κ2) is 5.13. The molecule has 1 aliphatic rings. The Labute approximate surface area is 115 Å². The zero-order valence-electron chi connectivity index (χ0n) is 11.1. The van der Waals surface area contributed by atoms with Crippen LogP contribution in [-0.2, 0) is 11.5 Å². The van der Waals surface area contributed by atoms with Crippen LogP contribution in [0.3, 0.4) is 0 Å². The molecule has 0 unspecified atom stereocenters. The van der Waals surface area contributed by atoms with Crippen molar-refractivity contribution in [2.45, 2.75) is 32.0 Å². The number of carbonyl (C=O) groups is 1. The topological polar surface area (TPSA) is 81.5 Å². The Kier molecular flexibility index (Phi) is 3.31. The number of hydrogen-bond acceptors (Lipinski definition) is 4. The van der Waals surface area contributed by atoms with E-state index in [0.717, 1.165) is 31.3 Å². The number of nitrogens with two attached hydrogens (primary N) is 1. The van der Waals surface area contributed by atoms with E-state index in [1.54, 1.807) is 10.6 Å². The fourth-order valence-electron chi connectivity index (χ4n) is 2.81. The van der Waals surface area contributed by atoms with Gasteiger partial charge in [-0.15, -0.1) is 0 Å². The second-order valence-corrected chi connectivity index (χ2v) is 5.13. The molecule has 1 fully saturated rings. The molecule has 1 aliphatic heterocycles. The van der Waals surface area contributed by atoms with Gasteiger partial charge in [0, 0.05) is 6.54 Å². The molecular formula is C14H17N3O3. The van der Waals surface area contributed by atoms with Crippen LogP contribution < -0.4 is 11.5 Å². The van der Waals surface area contributed by atoms with E-state index in [9.17, 15) is 9.59 Å². The number of piperidine rings is 1. The number of likely N-dealkylation sites (tertiary alicyclic amines) is 1. The first-order chi connectivity index (χ1) is 9.66. The monoisotopic (exact) mass is 275 g/mol. The van der Waals surface area contributed by atoms with E-state index in [2.05, 4.69) is 0 Å². The lowest BCUT2D eigenvalue weighted by molar-refractivity contribution is -0.125. The van der Waals surface area contributed by atoms with Crippen molar-refractivity contribution in [1.29, 1.82) is 0 Å². The number of benzene rings is 1. The third-order valence-electron chi connectivity index (χ3n) is 3.84. The number of oxazole rings is 1. The zero-order chi connectivity index (χ0) is 14.1. The van der Waals surface area contributed by atoms with E-state index < -0.39 is 5.76 Å². The van der Waals surface area contributed by atoms with Crippen LogP contribution in [0.25, 0.3) is 11.1 Å². The molecule has 1 aromatic carbocycles. The highest BCUT2D eigenvalue weighted by Crippen LogP contribution is 2.19. The number of amides is 1. The summed E-state index contributed by atoms with van der Waals surface area (Å²) in [7, 11) is 0. The summed E-state index contributed by atoms with van der Waals surface area (Å²) in [6, 6.07) is 6.97. The summed E-state index contributed by atoms with van der Waals surface area (Å²) < 4.78 is 6.75. The maximum atomic E-state index is 11.9. The van der Waals surface area contributed by atoms with Gasteiger partial charge in [0.25, 0.3) is 0 Å². The molecule has 106 valence electrons. The summed E-state index contributed by atoms with van der Waals surface area (Å²) >= 11 is 0. The molecule has 2 aromatic rings. The zero-order valence-corrected chi connectivity index (χ0v) is 11.1. The molecule has 6 nitrogen and oxygen atoms in total. The molecule has 1 saturated heterocycles. The van der Waals surface area contributed by atoms with Crippen molar-refractivity contribution in [2.75, 3.05) is 6.54 Å². The number of aromatic nitrogens is 1. The van der Waals surface area contributed by atoms with Gasteiger partial charge in [0.1, 0.15) is 0 Å². The molecule has 2 heterocycles. The maximum absolute atomic E-state index is 11.9. The normalized spacial score (nSPS) is 20.3. The predicted molar refractivity (Wildman–Crippen MR) is 74.0 cm³/mol. The molecule has 1 amide bonds. The van der Waals surface area contributed by atoms with Crippen molar-refractivity contribution in [1.82, 2.24) is 9.47 Å². The Morgan fingerprint density at radius 2 is 2.15 bits per heavy atom. The van der Waals surface area contributed by atoms with Gasteiger partial charge in [-0.05, 0) is 25.0 Å². The third kappa shape index (κ3) is 2.22. The summed E-state index contributed by atoms with van der Waals surface area (Å²) in [5.74, 6) is -0.731. The highest BCUT2D eigenvalue weighted by molar-refractivity contribution is 5.80. The summed E-state index contributed by atoms with van der Waals surface area (Å²) in [4.78, 5) is 25.4. The number of primary amides is 1. The summed E-state index contributed by atoms with van der Waals surface area (Å²) in [6.07, 6.45) is 2.75. The van der Waals surface area contributed by atoms with Gasteiger partial charge >= 0.3 is 5.76 Å². The summed E-state index contributed by atoms with van der Waals surface area (Å²) in [5, 5.41) is 0. The molecule has 1 aromatic heterocycles. The molecule has 0 radical (unpaired) electrons. The van der Waals surface area contributed by atoms with Crippen LogP contribution >= 0.6 is 0 Å². The minimum absolute atomic E-state index is 0.302. The van der Waals surface area contributed by atoms with E-state index >= 15 is 0 Å². The van der Waals surface area contributed by atoms with Gasteiger partial charge in [0.2, 0.25) is 5.91 Å². The minimum atomic E-state index is -0.403. The lowest BCUT2D eigenvalue weighted by atomic mass is 10.0. The minimum Gasteiger partial charge on any atom is -0.408 e. The van der Waals surface area contributed by atoms with Crippen LogP contribution in [0, 0.1) is 0 Å². The average Bonchev–Trinajstić information content (AvgIpc) is 2.76. The van der Waals surface area contributed by atoms with Crippen molar-refractivity contribution in [3.8, 4) is 0 Å². The SMILES string of the molecule is NC(=O)[C@H]1CCCCN1Cn1c(=O)oc2ccccc21. The Morgan fingerprint density at radius 1 is 1.35 bits per heavy atom.